The van der Waals surface area contributed by atoms with Crippen molar-refractivity contribution in [3.8, 4) is 5.75 Å². The van der Waals surface area contributed by atoms with Crippen molar-refractivity contribution < 1.29 is 24.9 Å². The Hall–Kier alpha value is -3.35. The van der Waals surface area contributed by atoms with Gasteiger partial charge in [-0.1, -0.05) is 48.5 Å². The molecule has 0 fully saturated rings. The van der Waals surface area contributed by atoms with Crippen molar-refractivity contribution in [3.05, 3.63) is 90.0 Å². The van der Waals surface area contributed by atoms with E-state index in [-0.39, 0.29) is 18.6 Å². The summed E-state index contributed by atoms with van der Waals surface area (Å²) in [6, 6.07) is 22.9. The van der Waals surface area contributed by atoms with Gasteiger partial charge >= 0.3 is 6.09 Å². The number of phenolic OH excluding ortho intramolecular Hbond substituents is 1. The monoisotopic (exact) mass is 405 g/mol. The van der Waals surface area contributed by atoms with Crippen LogP contribution in [0, 0.1) is 0 Å². The molecule has 0 saturated heterocycles. The van der Waals surface area contributed by atoms with Gasteiger partial charge in [-0.25, -0.2) is 9.69 Å². The van der Waals surface area contributed by atoms with Crippen molar-refractivity contribution in [1.29, 1.82) is 0 Å². The summed E-state index contributed by atoms with van der Waals surface area (Å²) >= 11 is 0. The van der Waals surface area contributed by atoms with Gasteiger partial charge in [0.25, 0.3) is 0 Å². The molecule has 1 aliphatic carbocycles. The zero-order chi connectivity index (χ0) is 21.1. The van der Waals surface area contributed by atoms with Crippen molar-refractivity contribution in [2.24, 2.45) is 0 Å². The maximum Gasteiger partial charge on any atom is 0.421 e. The van der Waals surface area contributed by atoms with Crippen molar-refractivity contribution >= 4 is 17.5 Å². The first-order valence-electron chi connectivity index (χ1n) is 9.81. The number of aliphatic hydroxyl groups excluding tert-OH is 1. The van der Waals surface area contributed by atoms with Crippen molar-refractivity contribution in [2.45, 2.75) is 31.2 Å². The number of hydrogen-bond acceptors (Lipinski definition) is 5. The van der Waals surface area contributed by atoms with Crippen molar-refractivity contribution in [3.63, 3.8) is 0 Å². The van der Waals surface area contributed by atoms with Crippen LogP contribution < -0.4 is 4.90 Å². The summed E-state index contributed by atoms with van der Waals surface area (Å²) in [5, 5.41) is 31.9. The highest BCUT2D eigenvalue weighted by molar-refractivity contribution is 5.96. The second-order valence-corrected chi connectivity index (χ2v) is 7.37. The van der Waals surface area contributed by atoms with E-state index >= 15 is 0 Å². The molecule has 0 spiro atoms. The van der Waals surface area contributed by atoms with Crippen LogP contribution in [-0.2, 0) is 17.6 Å². The fourth-order valence-corrected chi connectivity index (χ4v) is 3.79. The van der Waals surface area contributed by atoms with E-state index in [1.54, 1.807) is 66.7 Å². The van der Waals surface area contributed by atoms with Gasteiger partial charge < -0.3 is 20.1 Å². The zero-order valence-corrected chi connectivity index (χ0v) is 16.3. The van der Waals surface area contributed by atoms with Gasteiger partial charge in [0.2, 0.25) is 5.79 Å². The van der Waals surface area contributed by atoms with Gasteiger partial charge in [0.05, 0.1) is 11.4 Å². The van der Waals surface area contributed by atoms with Crippen LogP contribution in [0.4, 0.5) is 16.2 Å². The molecule has 0 aromatic heterocycles. The van der Waals surface area contributed by atoms with Crippen LogP contribution >= 0.6 is 0 Å². The SMILES string of the molecule is O=C(OC1(O)Cc2cccc(O)c2CCC1O)N(c1ccccc1)c1ccccc1. The predicted molar refractivity (Wildman–Crippen MR) is 113 cm³/mol. The van der Waals surface area contributed by atoms with Crippen LogP contribution in [-0.4, -0.2) is 33.3 Å². The largest absolute Gasteiger partial charge is 0.508 e. The fourth-order valence-electron chi connectivity index (χ4n) is 3.79. The van der Waals surface area contributed by atoms with Gasteiger partial charge in [0, 0.05) is 6.42 Å². The van der Waals surface area contributed by atoms with Crippen LogP contribution in [0.2, 0.25) is 0 Å². The number of fused-ring (bicyclic) bond motifs is 1. The Balaban J connectivity index is 1.67. The molecule has 0 bridgehead atoms. The molecule has 0 saturated carbocycles. The number of amides is 1. The average molecular weight is 405 g/mol. The lowest BCUT2D eigenvalue weighted by Crippen LogP contribution is -2.49. The number of anilines is 2. The predicted octanol–water partition coefficient (Wildman–Crippen LogP) is 3.91. The molecule has 1 aliphatic rings. The van der Waals surface area contributed by atoms with Crippen LogP contribution in [0.15, 0.2) is 78.9 Å². The lowest BCUT2D eigenvalue weighted by Gasteiger charge is -2.33. The van der Waals surface area contributed by atoms with Crippen molar-refractivity contribution in [1.82, 2.24) is 0 Å². The molecule has 0 heterocycles. The van der Waals surface area contributed by atoms with Gasteiger partial charge in [-0.05, 0) is 54.3 Å². The number of para-hydroxylation sites is 2. The number of carbonyl (C=O) groups excluding carboxylic acids is 1. The Morgan fingerprint density at radius 3 is 2.13 bits per heavy atom. The summed E-state index contributed by atoms with van der Waals surface area (Å²) < 4.78 is 5.55. The molecule has 0 aliphatic heterocycles. The molecule has 3 N–H and O–H groups in total. The second kappa shape index (κ2) is 8.18. The number of phenols is 1. The van der Waals surface area contributed by atoms with E-state index in [1.165, 1.54) is 4.90 Å². The molecule has 2 unspecified atom stereocenters. The van der Waals surface area contributed by atoms with Gasteiger partial charge in [-0.15, -0.1) is 0 Å². The molecule has 3 aromatic rings. The number of carbonyl (C=O) groups is 1. The first-order valence-corrected chi connectivity index (χ1v) is 9.81. The molecule has 2 atom stereocenters. The van der Waals surface area contributed by atoms with E-state index in [9.17, 15) is 20.1 Å². The minimum absolute atomic E-state index is 0.102. The third-order valence-electron chi connectivity index (χ3n) is 5.36. The molecule has 0 radical (unpaired) electrons. The summed E-state index contributed by atoms with van der Waals surface area (Å²) in [5.74, 6) is -2.02. The Labute approximate surface area is 174 Å². The first kappa shape index (κ1) is 19.9. The summed E-state index contributed by atoms with van der Waals surface area (Å²) in [6.07, 6.45) is -1.73. The summed E-state index contributed by atoms with van der Waals surface area (Å²) in [6.45, 7) is 0. The zero-order valence-electron chi connectivity index (χ0n) is 16.3. The summed E-state index contributed by atoms with van der Waals surface area (Å²) in [7, 11) is 0. The summed E-state index contributed by atoms with van der Waals surface area (Å²) in [5.41, 5.74) is 2.41. The maximum atomic E-state index is 13.2. The number of nitrogens with zero attached hydrogens (tertiary/aromatic N) is 1. The molecule has 1 amide bonds. The Kier molecular flexibility index (Phi) is 5.44. The molecule has 6 heteroatoms. The highest BCUT2D eigenvalue weighted by Gasteiger charge is 2.44. The number of benzene rings is 3. The quantitative estimate of drug-likeness (QED) is 0.454. The minimum atomic E-state index is -2.13. The topological polar surface area (TPSA) is 90.2 Å². The minimum Gasteiger partial charge on any atom is -0.508 e. The first-order chi connectivity index (χ1) is 14.5. The average Bonchev–Trinajstić information content (AvgIpc) is 2.87. The third kappa shape index (κ3) is 3.87. The lowest BCUT2D eigenvalue weighted by atomic mass is 10.00. The Morgan fingerprint density at radius 1 is 0.933 bits per heavy atom. The van der Waals surface area contributed by atoms with Crippen LogP contribution in [0.1, 0.15) is 17.5 Å². The number of aliphatic hydroxyl groups is 2. The van der Waals surface area contributed by atoms with Crippen LogP contribution in [0.3, 0.4) is 0 Å². The van der Waals surface area contributed by atoms with Crippen LogP contribution in [0.25, 0.3) is 0 Å². The highest BCUT2D eigenvalue weighted by Crippen LogP contribution is 2.35. The van der Waals surface area contributed by atoms with E-state index in [4.69, 9.17) is 4.74 Å². The van der Waals surface area contributed by atoms with E-state index in [0.29, 0.717) is 28.9 Å². The molecular weight excluding hydrogens is 382 g/mol. The van der Waals surface area contributed by atoms with E-state index in [0.717, 1.165) is 0 Å². The third-order valence-corrected chi connectivity index (χ3v) is 5.36. The van der Waals surface area contributed by atoms with E-state index in [2.05, 4.69) is 0 Å². The number of hydrogen-bond donors (Lipinski definition) is 3. The van der Waals surface area contributed by atoms with Crippen LogP contribution in [0.5, 0.6) is 5.75 Å². The van der Waals surface area contributed by atoms with Gasteiger partial charge in [0.1, 0.15) is 11.9 Å². The Morgan fingerprint density at radius 2 is 1.53 bits per heavy atom. The molecule has 4 rings (SSSR count). The van der Waals surface area contributed by atoms with E-state index in [1.807, 2.05) is 12.1 Å². The molecule has 3 aromatic carbocycles. The maximum absolute atomic E-state index is 13.2. The lowest BCUT2D eigenvalue weighted by molar-refractivity contribution is -0.220. The summed E-state index contributed by atoms with van der Waals surface area (Å²) in [4.78, 5) is 14.6. The molecule has 154 valence electrons. The molecule has 6 nitrogen and oxygen atoms in total. The number of rotatable bonds is 3. The number of ether oxygens (including phenoxy) is 1. The standard InChI is InChI=1S/C24H23NO5/c26-21-13-7-8-17-16-24(29,22(27)15-14-20(17)21)30-23(28)25(18-9-3-1-4-10-18)19-11-5-2-6-12-19/h1-13,22,26-27,29H,14-16H2. The number of aromatic hydroxyl groups is 1. The molecular formula is C24H23NO5. The van der Waals surface area contributed by atoms with E-state index < -0.39 is 18.0 Å². The normalized spacial score (nSPS) is 20.7. The van der Waals surface area contributed by atoms with Gasteiger partial charge in [-0.2, -0.15) is 0 Å². The molecule has 30 heavy (non-hydrogen) atoms. The van der Waals surface area contributed by atoms with Gasteiger partial charge in [-0.3, -0.25) is 0 Å². The Bertz CT molecular complexity index is 985. The highest BCUT2D eigenvalue weighted by atomic mass is 16.7. The smallest absolute Gasteiger partial charge is 0.421 e. The fraction of sp³-hybridized carbons (Fsp3) is 0.208. The van der Waals surface area contributed by atoms with Gasteiger partial charge in [0.15, 0.2) is 0 Å². The van der Waals surface area contributed by atoms with Crippen molar-refractivity contribution in [2.75, 3.05) is 4.90 Å². The second-order valence-electron chi connectivity index (χ2n) is 7.37.